The van der Waals surface area contributed by atoms with Gasteiger partial charge in [-0.15, -0.1) is 0 Å². The SMILES string of the molecule is COc1ccc(C=NOCC(=O)Nc2c(C#N)c(-c3ccccc3)c(-c3ccccc3)n2Cc2ccccc2)cc1OC. The third kappa shape index (κ3) is 6.58. The minimum absolute atomic E-state index is 0.355. The summed E-state index contributed by atoms with van der Waals surface area (Å²) in [5, 5.41) is 17.4. The number of carbonyl (C=O) groups is 1. The second-order valence-corrected chi connectivity index (χ2v) is 9.53. The lowest BCUT2D eigenvalue weighted by molar-refractivity contribution is -0.120. The molecule has 0 bridgehead atoms. The number of ether oxygens (including phenoxy) is 2. The van der Waals surface area contributed by atoms with Crippen LogP contribution in [0.15, 0.2) is 114 Å². The summed E-state index contributed by atoms with van der Waals surface area (Å²) in [6.45, 7) is 0.0764. The zero-order valence-corrected chi connectivity index (χ0v) is 23.9. The number of amides is 1. The van der Waals surface area contributed by atoms with Crippen LogP contribution in [0.2, 0.25) is 0 Å². The number of oxime groups is 1. The Morgan fingerprint density at radius 2 is 1.49 bits per heavy atom. The average Bonchev–Trinajstić information content (AvgIpc) is 3.36. The van der Waals surface area contributed by atoms with Crippen molar-refractivity contribution >= 4 is 17.9 Å². The highest BCUT2D eigenvalue weighted by Crippen LogP contribution is 2.42. The zero-order chi connectivity index (χ0) is 30.0. The van der Waals surface area contributed by atoms with Crippen molar-refractivity contribution in [2.75, 3.05) is 26.1 Å². The summed E-state index contributed by atoms with van der Waals surface area (Å²) in [7, 11) is 3.11. The molecular formula is C35H30N4O4. The number of hydrogen-bond donors (Lipinski definition) is 1. The molecule has 0 aliphatic rings. The van der Waals surface area contributed by atoms with E-state index in [2.05, 4.69) is 16.5 Å². The number of hydrogen-bond acceptors (Lipinski definition) is 6. The van der Waals surface area contributed by atoms with Crippen LogP contribution in [-0.4, -0.2) is 37.5 Å². The van der Waals surface area contributed by atoms with Gasteiger partial charge in [0.05, 0.1) is 26.1 Å². The second-order valence-electron chi connectivity index (χ2n) is 9.53. The zero-order valence-electron chi connectivity index (χ0n) is 23.9. The first-order valence-corrected chi connectivity index (χ1v) is 13.6. The molecule has 0 unspecified atom stereocenters. The fourth-order valence-electron chi connectivity index (χ4n) is 4.86. The van der Waals surface area contributed by atoms with Gasteiger partial charge in [0.1, 0.15) is 17.5 Å². The highest BCUT2D eigenvalue weighted by Gasteiger charge is 2.26. The van der Waals surface area contributed by atoms with Gasteiger partial charge in [-0.25, -0.2) is 0 Å². The van der Waals surface area contributed by atoms with Crippen molar-refractivity contribution in [1.29, 1.82) is 5.26 Å². The van der Waals surface area contributed by atoms with E-state index in [1.54, 1.807) is 32.4 Å². The number of nitriles is 1. The Kier molecular flexibility index (Phi) is 9.15. The van der Waals surface area contributed by atoms with Gasteiger partial charge in [0.15, 0.2) is 18.1 Å². The molecule has 0 radical (unpaired) electrons. The molecule has 4 aromatic carbocycles. The van der Waals surface area contributed by atoms with Crippen molar-refractivity contribution in [2.24, 2.45) is 5.16 Å². The molecule has 0 saturated heterocycles. The molecule has 0 aliphatic heterocycles. The van der Waals surface area contributed by atoms with E-state index < -0.39 is 5.91 Å². The predicted octanol–water partition coefficient (Wildman–Crippen LogP) is 6.75. The highest BCUT2D eigenvalue weighted by atomic mass is 16.6. The van der Waals surface area contributed by atoms with Gasteiger partial charge in [0.25, 0.3) is 5.91 Å². The summed E-state index contributed by atoms with van der Waals surface area (Å²) in [6, 6.07) is 37.2. The molecule has 5 rings (SSSR count). The van der Waals surface area contributed by atoms with E-state index in [9.17, 15) is 10.1 Å². The van der Waals surface area contributed by atoms with Crippen LogP contribution < -0.4 is 14.8 Å². The number of benzene rings is 4. The predicted molar refractivity (Wildman–Crippen MR) is 167 cm³/mol. The lowest BCUT2D eigenvalue weighted by Gasteiger charge is -2.15. The van der Waals surface area contributed by atoms with E-state index in [0.717, 1.165) is 27.9 Å². The smallest absolute Gasteiger partial charge is 0.266 e. The average molecular weight is 571 g/mol. The van der Waals surface area contributed by atoms with Crippen LogP contribution in [0, 0.1) is 11.3 Å². The molecule has 1 heterocycles. The number of nitrogens with one attached hydrogen (secondary N) is 1. The quantitative estimate of drug-likeness (QED) is 0.140. The third-order valence-corrected chi connectivity index (χ3v) is 6.81. The lowest BCUT2D eigenvalue weighted by atomic mass is 9.98. The summed E-state index contributed by atoms with van der Waals surface area (Å²) in [4.78, 5) is 18.5. The Hall–Kier alpha value is -5.81. The van der Waals surface area contributed by atoms with Gasteiger partial charge in [0.2, 0.25) is 0 Å². The summed E-state index contributed by atoms with van der Waals surface area (Å²) in [5.74, 6) is 1.08. The van der Waals surface area contributed by atoms with Crippen LogP contribution in [0.4, 0.5) is 5.82 Å². The summed E-state index contributed by atoms with van der Waals surface area (Å²) in [6.07, 6.45) is 1.48. The molecule has 0 aliphatic carbocycles. The summed E-state index contributed by atoms with van der Waals surface area (Å²) >= 11 is 0. The molecule has 1 aromatic heterocycles. The van der Waals surface area contributed by atoms with E-state index >= 15 is 0 Å². The summed E-state index contributed by atoms with van der Waals surface area (Å²) in [5.41, 5.74) is 5.46. The number of anilines is 1. The normalized spacial score (nSPS) is 10.7. The van der Waals surface area contributed by atoms with Crippen molar-refractivity contribution in [1.82, 2.24) is 4.57 Å². The number of methoxy groups -OCH3 is 2. The molecule has 1 N–H and O–H groups in total. The van der Waals surface area contributed by atoms with Crippen molar-refractivity contribution in [3.8, 4) is 40.0 Å². The molecule has 0 atom stereocenters. The van der Waals surface area contributed by atoms with Crippen LogP contribution in [0.3, 0.4) is 0 Å². The van der Waals surface area contributed by atoms with Crippen molar-refractivity contribution in [3.63, 3.8) is 0 Å². The molecule has 0 spiro atoms. The minimum Gasteiger partial charge on any atom is -0.493 e. The number of carbonyl (C=O) groups excluding carboxylic acids is 1. The molecule has 43 heavy (non-hydrogen) atoms. The van der Waals surface area contributed by atoms with Crippen LogP contribution in [0.25, 0.3) is 22.4 Å². The number of rotatable bonds is 11. The van der Waals surface area contributed by atoms with E-state index in [1.807, 2.05) is 95.6 Å². The first-order chi connectivity index (χ1) is 21.1. The van der Waals surface area contributed by atoms with E-state index in [4.69, 9.17) is 14.3 Å². The Labute approximate surface area is 250 Å². The van der Waals surface area contributed by atoms with E-state index in [0.29, 0.717) is 35.0 Å². The molecule has 0 fully saturated rings. The van der Waals surface area contributed by atoms with Crippen molar-refractivity contribution in [3.05, 3.63) is 126 Å². The van der Waals surface area contributed by atoms with Gasteiger partial charge in [0, 0.05) is 17.7 Å². The van der Waals surface area contributed by atoms with Gasteiger partial charge in [-0.2, -0.15) is 5.26 Å². The van der Waals surface area contributed by atoms with Gasteiger partial charge < -0.3 is 24.2 Å². The highest BCUT2D eigenvalue weighted by molar-refractivity contribution is 5.98. The second kappa shape index (κ2) is 13.7. The van der Waals surface area contributed by atoms with Crippen molar-refractivity contribution < 1.29 is 19.1 Å². The maximum atomic E-state index is 13.2. The van der Waals surface area contributed by atoms with Crippen LogP contribution >= 0.6 is 0 Å². The lowest BCUT2D eigenvalue weighted by Crippen LogP contribution is -2.20. The molecule has 8 heteroatoms. The monoisotopic (exact) mass is 570 g/mol. The molecule has 214 valence electrons. The van der Waals surface area contributed by atoms with Gasteiger partial charge >= 0.3 is 0 Å². The third-order valence-electron chi connectivity index (χ3n) is 6.81. The van der Waals surface area contributed by atoms with Gasteiger partial charge in [-0.3, -0.25) is 4.79 Å². The minimum atomic E-state index is -0.452. The Morgan fingerprint density at radius 1 is 0.860 bits per heavy atom. The van der Waals surface area contributed by atoms with Crippen LogP contribution in [-0.2, 0) is 16.2 Å². The van der Waals surface area contributed by atoms with Crippen molar-refractivity contribution in [2.45, 2.75) is 6.54 Å². The topological polar surface area (TPSA) is 97.9 Å². The largest absolute Gasteiger partial charge is 0.493 e. The first kappa shape index (κ1) is 28.7. The fraction of sp³-hybridized carbons (Fsp3) is 0.114. The number of nitrogens with zero attached hydrogens (tertiary/aromatic N) is 3. The van der Waals surface area contributed by atoms with Crippen LogP contribution in [0.5, 0.6) is 11.5 Å². The Bertz CT molecular complexity index is 1760. The summed E-state index contributed by atoms with van der Waals surface area (Å²) < 4.78 is 12.6. The standard InChI is InChI=1S/C35H30N4O4/c1-41-30-19-18-26(20-31(30)42-2)22-37-43-24-32(40)38-35-29(21-36)33(27-14-8-4-9-15-27)34(28-16-10-5-11-17-28)39(35)23-25-12-6-3-7-13-25/h3-20,22H,23-24H2,1-2H3,(H,38,40). The van der Waals surface area contributed by atoms with E-state index in [-0.39, 0.29) is 6.61 Å². The number of aromatic nitrogens is 1. The van der Waals surface area contributed by atoms with Gasteiger partial charge in [-0.1, -0.05) is 96.2 Å². The molecular weight excluding hydrogens is 540 g/mol. The molecule has 8 nitrogen and oxygen atoms in total. The van der Waals surface area contributed by atoms with E-state index in [1.165, 1.54) is 6.21 Å². The maximum Gasteiger partial charge on any atom is 0.266 e. The van der Waals surface area contributed by atoms with Gasteiger partial charge in [-0.05, 0) is 34.9 Å². The maximum absolute atomic E-state index is 13.2. The fourth-order valence-corrected chi connectivity index (χ4v) is 4.86. The molecule has 1 amide bonds. The molecule has 0 saturated carbocycles. The molecule has 5 aromatic rings. The van der Waals surface area contributed by atoms with Crippen LogP contribution in [0.1, 0.15) is 16.7 Å². The Morgan fingerprint density at radius 3 is 2.12 bits per heavy atom. The first-order valence-electron chi connectivity index (χ1n) is 13.6. The Balaban J connectivity index is 1.49.